The zero-order valence-corrected chi connectivity index (χ0v) is 20.3. The van der Waals surface area contributed by atoms with Gasteiger partial charge in [-0.05, 0) is 21.5 Å². The normalized spacial score (nSPS) is 31.1. The summed E-state index contributed by atoms with van der Waals surface area (Å²) in [6.07, 6.45) is -5.87. The van der Waals surface area contributed by atoms with Gasteiger partial charge in [0, 0.05) is 6.20 Å². The Bertz CT molecular complexity index is 1060. The molecule has 184 valence electrons. The Morgan fingerprint density at radius 1 is 1.38 bits per heavy atom. The maximum Gasteiger partial charge on any atom is 0.488 e. The summed E-state index contributed by atoms with van der Waals surface area (Å²) in [4.78, 5) is 50.3. The number of phosphoric ester groups is 1. The predicted molar refractivity (Wildman–Crippen MR) is 109 cm³/mol. The number of aliphatic hydroxyl groups excluding tert-OH is 1. The molecule has 1 aliphatic heterocycles. The average Bonchev–Trinajstić information content (AvgIpc) is 2.84. The van der Waals surface area contributed by atoms with Crippen LogP contribution in [-0.4, -0.2) is 64.1 Å². The molecule has 0 saturated carbocycles. The third-order valence-corrected chi connectivity index (χ3v) is 9.23. The number of phosphoric acid groups is 2. The van der Waals surface area contributed by atoms with Gasteiger partial charge in [-0.2, -0.15) is 9.29 Å². The van der Waals surface area contributed by atoms with E-state index in [0.717, 1.165) is 17.7 Å². The van der Waals surface area contributed by atoms with Gasteiger partial charge in [-0.25, -0.2) is 22.6 Å². The van der Waals surface area contributed by atoms with Gasteiger partial charge in [0.15, 0.2) is 6.23 Å². The molecule has 7 N–H and O–H groups in total. The molecule has 1 aromatic heterocycles. The summed E-state index contributed by atoms with van der Waals surface area (Å²) in [5, 5.41) is 10.5. The molecule has 1 saturated heterocycles. The van der Waals surface area contributed by atoms with Crippen LogP contribution >= 0.6 is 43.0 Å². The molecule has 7 atom stereocenters. The van der Waals surface area contributed by atoms with Crippen LogP contribution in [0.2, 0.25) is 0 Å². The lowest BCUT2D eigenvalue weighted by atomic mass is 9.97. The Balaban J connectivity index is 2.25. The molecule has 32 heavy (non-hydrogen) atoms. The van der Waals surface area contributed by atoms with Crippen molar-refractivity contribution in [1.29, 1.82) is 0 Å². The largest absolute Gasteiger partial charge is 0.488 e. The SMILES string of the molecule is C[C@H](OP(=O)(O)OP(=O)(O)OP(O)(O)=P)[C@H]1O[C@@H](n2ccc(N)nc2=O)C(Cl)(CF)[C@H]1O. The zero-order valence-electron chi connectivity index (χ0n) is 15.8. The van der Waals surface area contributed by atoms with Crippen molar-refractivity contribution in [1.82, 2.24) is 9.55 Å². The minimum atomic E-state index is -5.53. The maximum absolute atomic E-state index is 13.8. The number of aliphatic hydroxyl groups is 1. The first kappa shape index (κ1) is 28.0. The first-order chi connectivity index (χ1) is 14.4. The van der Waals surface area contributed by atoms with Crippen LogP contribution in [0.3, 0.4) is 0 Å². The van der Waals surface area contributed by atoms with E-state index >= 15 is 0 Å². The highest BCUT2D eigenvalue weighted by Crippen LogP contribution is 2.68. The van der Waals surface area contributed by atoms with Gasteiger partial charge in [0.25, 0.3) is 7.23 Å². The van der Waals surface area contributed by atoms with Gasteiger partial charge in [-0.1, -0.05) is 0 Å². The van der Waals surface area contributed by atoms with Crippen LogP contribution in [0.15, 0.2) is 17.1 Å². The van der Waals surface area contributed by atoms with Crippen LogP contribution in [-0.2, 0) is 27.0 Å². The first-order valence-corrected chi connectivity index (χ1v) is 14.5. The van der Waals surface area contributed by atoms with E-state index in [-0.39, 0.29) is 5.82 Å². The third-order valence-electron chi connectivity index (χ3n) is 3.99. The molecule has 0 aliphatic carbocycles. The molecular formula is C11H19ClFN3O12P4. The molecule has 1 fully saturated rings. The number of rotatable bonds is 9. The number of nitrogen functional groups attached to an aromatic ring is 1. The highest BCUT2D eigenvalue weighted by atomic mass is 35.5. The number of halogens is 2. The number of aromatic nitrogens is 2. The van der Waals surface area contributed by atoms with Crippen molar-refractivity contribution in [2.75, 3.05) is 12.4 Å². The van der Waals surface area contributed by atoms with Crippen molar-refractivity contribution < 1.29 is 56.1 Å². The molecular weight excluding hydrogens is 544 g/mol. The van der Waals surface area contributed by atoms with Crippen LogP contribution in [0.5, 0.6) is 0 Å². The van der Waals surface area contributed by atoms with Crippen molar-refractivity contribution in [3.8, 4) is 0 Å². The predicted octanol–water partition coefficient (Wildman–Crippen LogP) is 0.475. The second kappa shape index (κ2) is 9.77. The number of ether oxygens (including phenoxy) is 1. The molecule has 2 rings (SSSR count). The zero-order chi connectivity index (χ0) is 24.7. The average molecular weight is 564 g/mol. The van der Waals surface area contributed by atoms with E-state index in [9.17, 15) is 33.2 Å². The Labute approximate surface area is 186 Å². The van der Waals surface area contributed by atoms with Crippen molar-refractivity contribution in [2.45, 2.75) is 36.3 Å². The van der Waals surface area contributed by atoms with Crippen molar-refractivity contribution in [3.63, 3.8) is 0 Å². The van der Waals surface area contributed by atoms with Gasteiger partial charge in [0.1, 0.15) is 29.6 Å². The number of alkyl halides is 2. The summed E-state index contributed by atoms with van der Waals surface area (Å²) in [6, 6.07) is 1.17. The lowest BCUT2D eigenvalue weighted by Gasteiger charge is -2.28. The van der Waals surface area contributed by atoms with Crippen molar-refractivity contribution in [2.24, 2.45) is 0 Å². The third kappa shape index (κ3) is 6.65. The molecule has 21 heteroatoms. The van der Waals surface area contributed by atoms with E-state index in [1.807, 2.05) is 0 Å². The molecule has 1 aliphatic rings. The topological polar surface area (TPSA) is 233 Å². The van der Waals surface area contributed by atoms with E-state index in [2.05, 4.69) is 26.7 Å². The lowest BCUT2D eigenvalue weighted by Crippen LogP contribution is -2.47. The van der Waals surface area contributed by atoms with Gasteiger partial charge in [0.05, 0.1) is 6.10 Å². The van der Waals surface area contributed by atoms with Gasteiger partial charge < -0.3 is 35.2 Å². The first-order valence-electron chi connectivity index (χ1n) is 8.20. The fourth-order valence-electron chi connectivity index (χ4n) is 2.75. The number of hydrogen-bond acceptors (Lipinski definition) is 10. The van der Waals surface area contributed by atoms with Gasteiger partial charge in [0.2, 0.25) is 0 Å². The number of nitrogens with zero attached hydrogens (tertiary/aromatic N) is 2. The molecule has 0 amide bonds. The Morgan fingerprint density at radius 2 is 1.97 bits per heavy atom. The van der Waals surface area contributed by atoms with Gasteiger partial charge in [-0.15, -0.1) is 11.6 Å². The summed E-state index contributed by atoms with van der Waals surface area (Å²) in [5.41, 5.74) is 4.39. The summed E-state index contributed by atoms with van der Waals surface area (Å²) in [5.74, 6) is -0.159. The molecule has 2 heterocycles. The van der Waals surface area contributed by atoms with E-state index < -0.39 is 64.7 Å². The fourth-order valence-corrected chi connectivity index (χ4v) is 7.23. The molecule has 0 bridgehead atoms. The highest BCUT2D eigenvalue weighted by Gasteiger charge is 2.59. The van der Waals surface area contributed by atoms with Gasteiger partial charge >= 0.3 is 21.3 Å². The minimum absolute atomic E-state index is 0.159. The second-order valence-corrected chi connectivity index (χ2v) is 13.4. The van der Waals surface area contributed by atoms with Crippen LogP contribution < -0.4 is 11.4 Å². The van der Waals surface area contributed by atoms with E-state index in [1.165, 1.54) is 6.07 Å². The van der Waals surface area contributed by atoms with E-state index in [1.54, 1.807) is 0 Å². The molecule has 0 spiro atoms. The standard InChI is InChI=1S/C11H19ClFN3O12P4/c1-5(26-30(19,20)27-31(21,22)28-32(23,24)29)7-8(17)11(12,4-13)9(25-7)16-3-2-6(14)15-10(16)18/h2-3,5,7-9,17,23-24,29H,4H2,1H3,(H,19,20)(H,21,22)(H2,14,15,18)/t5-,7+,8-,9+,11?/m0/s1. The second-order valence-electron chi connectivity index (χ2n) is 6.46. The Hall–Kier alpha value is -0.270. The summed E-state index contributed by atoms with van der Waals surface area (Å²) >= 11 is 6.16. The minimum Gasteiger partial charge on any atom is -0.388 e. The summed E-state index contributed by atoms with van der Waals surface area (Å²) < 4.78 is 56.0. The molecule has 0 aromatic carbocycles. The molecule has 15 nitrogen and oxygen atoms in total. The fraction of sp³-hybridized carbons (Fsp3) is 0.636. The maximum atomic E-state index is 13.8. The van der Waals surface area contributed by atoms with Gasteiger partial charge in [-0.3, -0.25) is 9.09 Å². The van der Waals surface area contributed by atoms with Crippen LogP contribution in [0.4, 0.5) is 10.2 Å². The Morgan fingerprint density at radius 3 is 2.47 bits per heavy atom. The number of nitrogens with two attached hydrogens (primary N) is 1. The van der Waals surface area contributed by atoms with E-state index in [0.29, 0.717) is 0 Å². The lowest BCUT2D eigenvalue weighted by molar-refractivity contribution is -0.0754. The molecule has 1 aromatic rings. The Kier molecular flexibility index (Phi) is 8.54. The van der Waals surface area contributed by atoms with Crippen LogP contribution in [0.25, 0.3) is 0 Å². The van der Waals surface area contributed by atoms with Crippen molar-refractivity contribution >= 4 is 48.8 Å². The number of hydrogen-bond donors (Lipinski definition) is 6. The molecule has 3 unspecified atom stereocenters. The monoisotopic (exact) mass is 563 g/mol. The quantitative estimate of drug-likeness (QED) is 0.177. The summed E-state index contributed by atoms with van der Waals surface area (Å²) in [6.45, 7) is -0.401. The van der Waals surface area contributed by atoms with Crippen molar-refractivity contribution in [3.05, 3.63) is 22.7 Å². The smallest absolute Gasteiger partial charge is 0.388 e. The number of anilines is 1. The molecule has 0 radical (unpaired) electrons. The summed E-state index contributed by atoms with van der Waals surface area (Å²) in [7, 11) is -13.4. The van der Waals surface area contributed by atoms with Crippen LogP contribution in [0, 0.1) is 0 Å². The highest BCUT2D eigenvalue weighted by molar-refractivity contribution is 7.91. The van der Waals surface area contributed by atoms with E-state index in [4.69, 9.17) is 31.9 Å². The van der Waals surface area contributed by atoms with Crippen LogP contribution in [0.1, 0.15) is 13.2 Å².